The van der Waals surface area contributed by atoms with Gasteiger partial charge in [-0.25, -0.2) is 14.8 Å². The Morgan fingerprint density at radius 2 is 2.10 bits per heavy atom. The topological polar surface area (TPSA) is 105 Å². The number of hydrogen-bond acceptors (Lipinski definition) is 5. The Morgan fingerprint density at radius 3 is 2.68 bits per heavy atom. The molecule has 31 heavy (non-hydrogen) atoms. The molecule has 0 radical (unpaired) electrons. The molecule has 170 valence electrons. The summed E-state index contributed by atoms with van der Waals surface area (Å²) in [4.78, 5) is 24.8. The average molecular weight is 430 g/mol. The fourth-order valence-corrected chi connectivity index (χ4v) is 2.84. The van der Waals surface area contributed by atoms with E-state index in [0.717, 1.165) is 30.6 Å². The van der Waals surface area contributed by atoms with Gasteiger partial charge in [0.25, 0.3) is 0 Å². The van der Waals surface area contributed by atoms with Crippen molar-refractivity contribution in [2.24, 2.45) is 4.99 Å². The van der Waals surface area contributed by atoms with Crippen molar-refractivity contribution in [2.45, 2.75) is 65.1 Å². The second kappa shape index (κ2) is 11.9. The fraction of sp³-hybridized carbons (Fsp3) is 0.545. The first kappa shape index (κ1) is 24.2. The van der Waals surface area contributed by atoms with Crippen LogP contribution in [0, 0.1) is 0 Å². The summed E-state index contributed by atoms with van der Waals surface area (Å²) < 4.78 is 7.18. The summed E-state index contributed by atoms with van der Waals surface area (Å²) in [7, 11) is 1.73. The number of nitrogens with one attached hydrogen (secondary N) is 3. The number of carbonyl (C=O) groups is 1. The van der Waals surface area contributed by atoms with Crippen LogP contribution in [0.5, 0.6) is 0 Å². The molecule has 2 heterocycles. The molecule has 9 heteroatoms. The quantitative estimate of drug-likeness (QED) is 0.418. The number of rotatable bonds is 9. The molecule has 0 aliphatic rings. The maximum atomic E-state index is 12.0. The van der Waals surface area contributed by atoms with Crippen LogP contribution in [0.25, 0.3) is 5.82 Å². The predicted molar refractivity (Wildman–Crippen MR) is 122 cm³/mol. The normalized spacial score (nSPS) is 12.9. The van der Waals surface area contributed by atoms with E-state index in [2.05, 4.69) is 37.8 Å². The van der Waals surface area contributed by atoms with E-state index in [0.29, 0.717) is 19.0 Å². The number of ether oxygens (including phenoxy) is 1. The fourth-order valence-electron chi connectivity index (χ4n) is 2.84. The Bertz CT molecular complexity index is 811. The summed E-state index contributed by atoms with van der Waals surface area (Å²) in [6, 6.07) is 4.01. The van der Waals surface area contributed by atoms with Gasteiger partial charge in [-0.15, -0.1) is 0 Å². The highest BCUT2D eigenvalue weighted by Gasteiger charge is 2.18. The van der Waals surface area contributed by atoms with Gasteiger partial charge in [0.05, 0.1) is 0 Å². The van der Waals surface area contributed by atoms with Crippen molar-refractivity contribution in [3.63, 3.8) is 0 Å². The summed E-state index contributed by atoms with van der Waals surface area (Å²) in [5.41, 5.74) is 0.513. The highest BCUT2D eigenvalue weighted by atomic mass is 16.6. The summed E-state index contributed by atoms with van der Waals surface area (Å²) >= 11 is 0. The molecule has 0 aliphatic carbocycles. The van der Waals surface area contributed by atoms with Crippen molar-refractivity contribution in [3.8, 4) is 5.82 Å². The number of amides is 1. The summed E-state index contributed by atoms with van der Waals surface area (Å²) in [6.07, 6.45) is 9.74. The zero-order valence-corrected chi connectivity index (χ0v) is 19.2. The maximum Gasteiger partial charge on any atom is 0.407 e. The third-order valence-electron chi connectivity index (χ3n) is 4.40. The molecular weight excluding hydrogens is 394 g/mol. The number of pyridine rings is 1. The molecule has 0 aliphatic heterocycles. The van der Waals surface area contributed by atoms with Gasteiger partial charge in [0.2, 0.25) is 0 Å². The molecule has 0 bridgehead atoms. The third kappa shape index (κ3) is 9.06. The molecule has 0 aromatic carbocycles. The van der Waals surface area contributed by atoms with Crippen LogP contribution >= 0.6 is 0 Å². The lowest BCUT2D eigenvalue weighted by atomic mass is 10.1. The smallest absolute Gasteiger partial charge is 0.407 e. The van der Waals surface area contributed by atoms with Crippen LogP contribution in [0.1, 0.15) is 52.5 Å². The van der Waals surface area contributed by atoms with Crippen LogP contribution in [-0.4, -0.2) is 51.8 Å². The molecule has 2 rings (SSSR count). The molecule has 2 aromatic rings. The second-order valence-electron chi connectivity index (χ2n) is 8.29. The second-order valence-corrected chi connectivity index (χ2v) is 8.29. The molecule has 2 aromatic heterocycles. The van der Waals surface area contributed by atoms with Gasteiger partial charge in [-0.05, 0) is 38.8 Å². The number of aromatic nitrogens is 3. The zero-order chi connectivity index (χ0) is 22.7. The molecule has 1 atom stereocenters. The zero-order valence-electron chi connectivity index (χ0n) is 19.2. The number of alkyl carbamates (subject to hydrolysis) is 1. The van der Waals surface area contributed by atoms with Gasteiger partial charge in [0, 0.05) is 44.8 Å². The van der Waals surface area contributed by atoms with E-state index in [9.17, 15) is 4.79 Å². The van der Waals surface area contributed by atoms with E-state index in [-0.39, 0.29) is 6.04 Å². The molecule has 0 saturated heterocycles. The number of carbonyl (C=O) groups excluding carboxylic acids is 1. The predicted octanol–water partition coefficient (Wildman–Crippen LogP) is 3.02. The first-order valence-electron chi connectivity index (χ1n) is 10.7. The number of imidazole rings is 1. The van der Waals surface area contributed by atoms with Gasteiger partial charge in [0.15, 0.2) is 5.96 Å². The Kier molecular flexibility index (Phi) is 9.30. The molecule has 1 amide bonds. The van der Waals surface area contributed by atoms with E-state index in [1.807, 2.05) is 49.9 Å². The largest absolute Gasteiger partial charge is 0.444 e. The van der Waals surface area contributed by atoms with Gasteiger partial charge in [-0.2, -0.15) is 0 Å². The number of guanidine groups is 1. The van der Waals surface area contributed by atoms with Gasteiger partial charge in [0.1, 0.15) is 17.7 Å². The Balaban J connectivity index is 1.87. The van der Waals surface area contributed by atoms with Crippen LogP contribution in [0.3, 0.4) is 0 Å². The molecule has 1 unspecified atom stereocenters. The maximum absolute atomic E-state index is 12.0. The SMILES string of the molecule is CCCCC(CNC(=O)OC(C)(C)C)NC(=NC)NCc1ccc(-n2ccnc2)nc1. The number of nitrogens with zero attached hydrogens (tertiary/aromatic N) is 4. The average Bonchev–Trinajstić information content (AvgIpc) is 3.26. The Morgan fingerprint density at radius 1 is 1.29 bits per heavy atom. The molecule has 0 spiro atoms. The van der Waals surface area contributed by atoms with Gasteiger partial charge < -0.3 is 20.7 Å². The van der Waals surface area contributed by atoms with E-state index in [4.69, 9.17) is 4.74 Å². The lowest BCUT2D eigenvalue weighted by Gasteiger charge is -2.24. The van der Waals surface area contributed by atoms with Crippen molar-refractivity contribution in [1.29, 1.82) is 0 Å². The minimum atomic E-state index is -0.518. The van der Waals surface area contributed by atoms with Crippen molar-refractivity contribution in [2.75, 3.05) is 13.6 Å². The lowest BCUT2D eigenvalue weighted by Crippen LogP contribution is -2.48. The first-order chi connectivity index (χ1) is 14.8. The first-order valence-corrected chi connectivity index (χ1v) is 10.7. The van der Waals surface area contributed by atoms with Crippen molar-refractivity contribution in [1.82, 2.24) is 30.5 Å². The number of aliphatic imine (C=N–C) groups is 1. The minimum Gasteiger partial charge on any atom is -0.444 e. The number of hydrogen-bond donors (Lipinski definition) is 3. The standard InChI is InChI=1S/C22H35N7O2/c1-6-7-8-18(15-27-21(30)31-22(2,3)4)28-20(23-5)26-14-17-9-10-19(25-13-17)29-12-11-24-16-29/h9-13,16,18H,6-8,14-15H2,1-5H3,(H,27,30)(H2,23,26,28). The van der Waals surface area contributed by atoms with Crippen molar-refractivity contribution >= 4 is 12.1 Å². The Hall–Kier alpha value is -3.10. The highest BCUT2D eigenvalue weighted by molar-refractivity contribution is 5.80. The van der Waals surface area contributed by atoms with E-state index >= 15 is 0 Å². The Labute approximate surface area is 184 Å². The van der Waals surface area contributed by atoms with E-state index < -0.39 is 11.7 Å². The molecule has 0 saturated carbocycles. The summed E-state index contributed by atoms with van der Waals surface area (Å²) in [5, 5.41) is 9.55. The van der Waals surface area contributed by atoms with Crippen LogP contribution in [-0.2, 0) is 11.3 Å². The number of unbranched alkanes of at least 4 members (excludes halogenated alkanes) is 1. The van der Waals surface area contributed by atoms with E-state index in [1.54, 1.807) is 19.6 Å². The monoisotopic (exact) mass is 429 g/mol. The van der Waals surface area contributed by atoms with E-state index in [1.165, 1.54) is 0 Å². The van der Waals surface area contributed by atoms with Crippen LogP contribution in [0.4, 0.5) is 4.79 Å². The van der Waals surface area contributed by atoms with Gasteiger partial charge in [-0.3, -0.25) is 9.56 Å². The molecule has 0 fully saturated rings. The van der Waals surface area contributed by atoms with Crippen molar-refractivity contribution in [3.05, 3.63) is 42.6 Å². The molecular formula is C22H35N7O2. The van der Waals surface area contributed by atoms with Crippen molar-refractivity contribution < 1.29 is 9.53 Å². The summed E-state index contributed by atoms with van der Waals surface area (Å²) in [5.74, 6) is 1.49. The lowest BCUT2D eigenvalue weighted by molar-refractivity contribution is 0.0523. The van der Waals surface area contributed by atoms with Crippen LogP contribution in [0.15, 0.2) is 42.0 Å². The van der Waals surface area contributed by atoms with Gasteiger partial charge in [-0.1, -0.05) is 25.8 Å². The van der Waals surface area contributed by atoms with Gasteiger partial charge >= 0.3 is 6.09 Å². The molecule has 9 nitrogen and oxygen atoms in total. The molecule has 3 N–H and O–H groups in total. The highest BCUT2D eigenvalue weighted by Crippen LogP contribution is 2.07. The van der Waals surface area contributed by atoms with Crippen LogP contribution < -0.4 is 16.0 Å². The minimum absolute atomic E-state index is 0.0420. The third-order valence-corrected chi connectivity index (χ3v) is 4.40. The van der Waals surface area contributed by atoms with Crippen LogP contribution in [0.2, 0.25) is 0 Å². The summed E-state index contributed by atoms with van der Waals surface area (Å²) in [6.45, 7) is 8.73.